The Kier molecular flexibility index (Phi) is 4.67. The van der Waals surface area contributed by atoms with E-state index in [4.69, 9.17) is 15.4 Å². The lowest BCUT2D eigenvalue weighted by atomic mass is 10.1. The number of benzene rings is 1. The van der Waals surface area contributed by atoms with E-state index in [1.807, 2.05) is 0 Å². The summed E-state index contributed by atoms with van der Waals surface area (Å²) in [4.78, 5) is 14.0. The first kappa shape index (κ1) is 15.3. The Labute approximate surface area is 122 Å². The van der Waals surface area contributed by atoms with Gasteiger partial charge < -0.3 is 9.64 Å². The number of likely N-dealkylation sites (tertiary alicyclic amines) is 1. The number of rotatable bonds is 3. The molecule has 0 atom stereocenters. The van der Waals surface area contributed by atoms with Crippen molar-refractivity contribution in [2.45, 2.75) is 23.8 Å². The minimum atomic E-state index is -3.82. The Hall–Kier alpha value is -1.11. The maximum Gasteiger partial charge on any atom is 0.261 e. The molecule has 0 bridgehead atoms. The summed E-state index contributed by atoms with van der Waals surface area (Å²) in [5, 5.41) is 0. The molecule has 1 saturated heterocycles. The van der Waals surface area contributed by atoms with Crippen molar-refractivity contribution in [2.24, 2.45) is 0 Å². The van der Waals surface area contributed by atoms with Gasteiger partial charge >= 0.3 is 0 Å². The highest BCUT2D eigenvalue weighted by atomic mass is 35.7. The first-order chi connectivity index (χ1) is 9.41. The molecule has 2 rings (SSSR count). The Morgan fingerprint density at radius 2 is 2.00 bits per heavy atom. The van der Waals surface area contributed by atoms with Crippen molar-refractivity contribution in [2.75, 3.05) is 20.2 Å². The monoisotopic (exact) mass is 317 g/mol. The summed E-state index contributed by atoms with van der Waals surface area (Å²) in [7, 11) is 3.13. The molecule has 110 valence electrons. The van der Waals surface area contributed by atoms with Gasteiger partial charge in [0.2, 0.25) is 0 Å². The number of nitrogens with zero attached hydrogens (tertiary/aromatic N) is 1. The lowest BCUT2D eigenvalue weighted by Gasteiger charge is -2.31. The maximum atomic E-state index is 12.3. The highest BCUT2D eigenvalue weighted by molar-refractivity contribution is 8.13. The van der Waals surface area contributed by atoms with Crippen LogP contribution in [0.5, 0.6) is 0 Å². The maximum absolute atomic E-state index is 12.3. The van der Waals surface area contributed by atoms with E-state index in [0.29, 0.717) is 18.7 Å². The van der Waals surface area contributed by atoms with Crippen molar-refractivity contribution in [1.29, 1.82) is 0 Å². The molecule has 1 aliphatic rings. The van der Waals surface area contributed by atoms with Crippen molar-refractivity contribution in [1.82, 2.24) is 4.90 Å². The molecule has 0 spiro atoms. The molecular formula is C13H16ClNO4S. The average Bonchev–Trinajstić information content (AvgIpc) is 2.46. The highest BCUT2D eigenvalue weighted by Gasteiger charge is 2.24. The van der Waals surface area contributed by atoms with Crippen LogP contribution in [0.3, 0.4) is 0 Å². The Bertz CT molecular complexity index is 594. The van der Waals surface area contributed by atoms with Crippen LogP contribution in [0.1, 0.15) is 23.2 Å². The van der Waals surface area contributed by atoms with Crippen LogP contribution in [0.4, 0.5) is 0 Å². The Balaban J connectivity index is 2.14. The number of carbonyl (C=O) groups excluding carboxylic acids is 1. The van der Waals surface area contributed by atoms with Crippen molar-refractivity contribution in [3.05, 3.63) is 29.8 Å². The number of ether oxygens (including phenoxy) is 1. The van der Waals surface area contributed by atoms with E-state index in [1.165, 1.54) is 18.2 Å². The zero-order valence-corrected chi connectivity index (χ0v) is 12.7. The molecule has 1 aliphatic heterocycles. The van der Waals surface area contributed by atoms with Gasteiger partial charge in [0.15, 0.2) is 0 Å². The molecule has 0 radical (unpaired) electrons. The zero-order valence-electron chi connectivity index (χ0n) is 11.1. The molecule has 1 aromatic rings. The Morgan fingerprint density at radius 1 is 1.35 bits per heavy atom. The average molecular weight is 318 g/mol. The summed E-state index contributed by atoms with van der Waals surface area (Å²) in [5.74, 6) is -0.179. The summed E-state index contributed by atoms with van der Waals surface area (Å²) < 4.78 is 27.8. The van der Waals surface area contributed by atoms with Gasteiger partial charge in [0.1, 0.15) is 0 Å². The van der Waals surface area contributed by atoms with Gasteiger partial charge in [-0.25, -0.2) is 8.42 Å². The first-order valence-corrected chi connectivity index (χ1v) is 8.59. The number of hydrogen-bond acceptors (Lipinski definition) is 4. The third-order valence-corrected chi connectivity index (χ3v) is 4.78. The third-order valence-electron chi connectivity index (χ3n) is 3.43. The largest absolute Gasteiger partial charge is 0.381 e. The molecule has 0 aromatic heterocycles. The number of hydrogen-bond donors (Lipinski definition) is 0. The van der Waals surface area contributed by atoms with Gasteiger partial charge in [-0.3, -0.25) is 4.79 Å². The molecule has 1 amide bonds. The van der Waals surface area contributed by atoms with E-state index in [0.717, 1.165) is 12.8 Å². The molecule has 5 nitrogen and oxygen atoms in total. The minimum absolute atomic E-state index is 0.0585. The molecule has 1 heterocycles. The van der Waals surface area contributed by atoms with Crippen LogP contribution in [0, 0.1) is 0 Å². The molecule has 1 fully saturated rings. The minimum Gasteiger partial charge on any atom is -0.381 e. The number of amides is 1. The summed E-state index contributed by atoms with van der Waals surface area (Å²) >= 11 is 0. The molecular weight excluding hydrogens is 302 g/mol. The van der Waals surface area contributed by atoms with Crippen LogP contribution < -0.4 is 0 Å². The van der Waals surface area contributed by atoms with E-state index < -0.39 is 9.05 Å². The molecule has 0 N–H and O–H groups in total. The summed E-state index contributed by atoms with van der Waals surface area (Å²) in [6, 6.07) is 5.80. The molecule has 1 aromatic carbocycles. The molecule has 0 aliphatic carbocycles. The topological polar surface area (TPSA) is 63.7 Å². The molecule has 0 saturated carbocycles. The number of carbonyl (C=O) groups is 1. The molecule has 20 heavy (non-hydrogen) atoms. The lowest BCUT2D eigenvalue weighted by molar-refractivity contribution is 0.0350. The smallest absolute Gasteiger partial charge is 0.261 e. The predicted octanol–water partition coefficient (Wildman–Crippen LogP) is 1.87. The highest BCUT2D eigenvalue weighted by Crippen LogP contribution is 2.19. The lowest BCUT2D eigenvalue weighted by Crippen LogP contribution is -2.40. The summed E-state index contributed by atoms with van der Waals surface area (Å²) in [6.45, 7) is 1.21. The van der Waals surface area contributed by atoms with Gasteiger partial charge in [-0.05, 0) is 31.0 Å². The SMILES string of the molecule is COC1CCN(C(=O)c2cccc(S(=O)(=O)Cl)c2)CC1. The standard InChI is InChI=1S/C13H16ClNO4S/c1-19-11-5-7-15(8-6-11)13(16)10-3-2-4-12(9-10)20(14,17)18/h2-4,9,11H,5-8H2,1H3. The zero-order chi connectivity index (χ0) is 14.8. The number of piperidine rings is 1. The van der Waals surface area contributed by atoms with Crippen molar-refractivity contribution in [3.63, 3.8) is 0 Å². The van der Waals surface area contributed by atoms with Crippen molar-refractivity contribution < 1.29 is 17.9 Å². The van der Waals surface area contributed by atoms with Crippen LogP contribution in [0.15, 0.2) is 29.2 Å². The van der Waals surface area contributed by atoms with Gasteiger partial charge in [-0.1, -0.05) is 6.07 Å². The van der Waals surface area contributed by atoms with E-state index >= 15 is 0 Å². The van der Waals surface area contributed by atoms with Crippen LogP contribution in [-0.2, 0) is 13.8 Å². The van der Waals surface area contributed by atoms with Crippen LogP contribution >= 0.6 is 10.7 Å². The van der Waals surface area contributed by atoms with Gasteiger partial charge in [0.05, 0.1) is 11.0 Å². The van der Waals surface area contributed by atoms with Crippen molar-refractivity contribution >= 4 is 25.6 Å². The fourth-order valence-corrected chi connectivity index (χ4v) is 3.05. The van der Waals surface area contributed by atoms with Crippen LogP contribution in [0.2, 0.25) is 0 Å². The van der Waals surface area contributed by atoms with E-state index in [-0.39, 0.29) is 16.9 Å². The van der Waals surface area contributed by atoms with Crippen molar-refractivity contribution in [3.8, 4) is 0 Å². The van der Waals surface area contributed by atoms with E-state index in [9.17, 15) is 13.2 Å². The van der Waals surface area contributed by atoms with E-state index in [1.54, 1.807) is 18.1 Å². The summed E-state index contributed by atoms with van der Waals surface area (Å²) in [5.41, 5.74) is 0.336. The van der Waals surface area contributed by atoms with E-state index in [2.05, 4.69) is 0 Å². The third kappa shape index (κ3) is 3.50. The second kappa shape index (κ2) is 6.11. The first-order valence-electron chi connectivity index (χ1n) is 6.28. The fourth-order valence-electron chi connectivity index (χ4n) is 2.26. The second-order valence-corrected chi connectivity index (χ2v) is 7.26. The van der Waals surface area contributed by atoms with Gasteiger partial charge in [-0.2, -0.15) is 0 Å². The molecule has 7 heteroatoms. The quantitative estimate of drug-likeness (QED) is 0.798. The normalized spacial score (nSPS) is 17.2. The van der Waals surface area contributed by atoms with Gasteiger partial charge in [0.25, 0.3) is 15.0 Å². The molecule has 0 unspecified atom stereocenters. The Morgan fingerprint density at radius 3 is 2.55 bits per heavy atom. The predicted molar refractivity (Wildman–Crippen MR) is 75.4 cm³/mol. The van der Waals surface area contributed by atoms with Gasteiger partial charge in [0, 0.05) is 36.4 Å². The van der Waals surface area contributed by atoms with Crippen LogP contribution in [0.25, 0.3) is 0 Å². The number of methoxy groups -OCH3 is 1. The number of halogens is 1. The fraction of sp³-hybridized carbons (Fsp3) is 0.462. The summed E-state index contributed by atoms with van der Waals surface area (Å²) in [6.07, 6.45) is 1.76. The van der Waals surface area contributed by atoms with Gasteiger partial charge in [-0.15, -0.1) is 0 Å². The second-order valence-electron chi connectivity index (χ2n) is 4.69. The van der Waals surface area contributed by atoms with Crippen LogP contribution in [-0.4, -0.2) is 45.5 Å².